The Morgan fingerprint density at radius 3 is 2.83 bits per heavy atom. The fourth-order valence-electron chi connectivity index (χ4n) is 5.63. The fraction of sp³-hybridized carbons (Fsp3) is 0.619. The minimum absolute atomic E-state index is 0. The van der Waals surface area contributed by atoms with Crippen LogP contribution in [-0.2, 0) is 11.3 Å². The molecule has 7 nitrogen and oxygen atoms in total. The average Bonchev–Trinajstić information content (AvgIpc) is 3.03. The molecule has 2 N–H and O–H groups in total. The van der Waals surface area contributed by atoms with Crippen LogP contribution in [0.15, 0.2) is 33.5 Å². The van der Waals surface area contributed by atoms with Gasteiger partial charge in [0.25, 0.3) is 0 Å². The Bertz CT molecular complexity index is 930. The molecule has 0 saturated carbocycles. The Morgan fingerprint density at radius 1 is 1.17 bits per heavy atom. The molecule has 0 radical (unpaired) electrons. The molecule has 30 heavy (non-hydrogen) atoms. The average molecular weight is 457 g/mol. The van der Waals surface area contributed by atoms with Crippen molar-refractivity contribution >= 4 is 41.8 Å². The van der Waals surface area contributed by atoms with E-state index >= 15 is 0 Å². The standard InChI is InChI=1S/C21H28N4O3.2ClH/c26-20(13-25-17-6-1-2-7-19(17)28-21(25)27)23-12-18-15-9-14(10-22-11-15)16-5-3-4-8-24(16)18;;/h1-2,6-7,14-16,18,22H,3-5,8-13H2,(H,23,26);2*1H/t14-,15+,16+,18+;;/m1../s1. The van der Waals surface area contributed by atoms with Crippen LogP contribution >= 0.6 is 24.8 Å². The second-order valence-corrected chi connectivity index (χ2v) is 8.51. The largest absolute Gasteiger partial charge is 0.420 e. The van der Waals surface area contributed by atoms with Gasteiger partial charge < -0.3 is 15.1 Å². The summed E-state index contributed by atoms with van der Waals surface area (Å²) in [6.07, 6.45) is 5.11. The number of hydrogen-bond acceptors (Lipinski definition) is 5. The van der Waals surface area contributed by atoms with Gasteiger partial charge >= 0.3 is 5.76 Å². The van der Waals surface area contributed by atoms with Crippen molar-refractivity contribution in [1.82, 2.24) is 20.1 Å². The summed E-state index contributed by atoms with van der Waals surface area (Å²) in [5, 5.41) is 6.71. The molecular weight excluding hydrogens is 427 g/mol. The van der Waals surface area contributed by atoms with Crippen molar-refractivity contribution in [2.75, 3.05) is 26.2 Å². The molecular formula is C21H30Cl2N4O3. The molecule has 3 fully saturated rings. The fourth-order valence-corrected chi connectivity index (χ4v) is 5.63. The van der Waals surface area contributed by atoms with Crippen molar-refractivity contribution in [3.8, 4) is 0 Å². The minimum atomic E-state index is -0.482. The number of nitrogens with one attached hydrogen (secondary N) is 2. The Labute approximate surface area is 188 Å². The van der Waals surface area contributed by atoms with Crippen molar-refractivity contribution in [2.24, 2.45) is 11.8 Å². The van der Waals surface area contributed by atoms with E-state index in [1.165, 1.54) is 30.3 Å². The number of piperidine rings is 3. The smallest absolute Gasteiger partial charge is 0.408 e. The first kappa shape index (κ1) is 23.1. The number of rotatable bonds is 4. The molecule has 1 amide bonds. The van der Waals surface area contributed by atoms with Crippen LogP contribution in [0.2, 0.25) is 0 Å². The molecule has 4 atom stereocenters. The van der Waals surface area contributed by atoms with E-state index in [0.717, 1.165) is 25.6 Å². The monoisotopic (exact) mass is 456 g/mol. The summed E-state index contributed by atoms with van der Waals surface area (Å²) in [4.78, 5) is 27.4. The van der Waals surface area contributed by atoms with Gasteiger partial charge in [0.15, 0.2) is 5.58 Å². The molecule has 9 heteroatoms. The van der Waals surface area contributed by atoms with Gasteiger partial charge in [-0.05, 0) is 62.9 Å². The molecule has 0 spiro atoms. The number of halogens is 2. The van der Waals surface area contributed by atoms with E-state index in [0.29, 0.717) is 35.6 Å². The maximum atomic E-state index is 12.6. The number of nitrogens with zero attached hydrogens (tertiary/aromatic N) is 2. The maximum Gasteiger partial charge on any atom is 0.420 e. The van der Waals surface area contributed by atoms with Gasteiger partial charge in [-0.15, -0.1) is 24.8 Å². The van der Waals surface area contributed by atoms with Crippen molar-refractivity contribution in [2.45, 2.75) is 44.3 Å². The summed E-state index contributed by atoms with van der Waals surface area (Å²) >= 11 is 0. The van der Waals surface area contributed by atoms with E-state index < -0.39 is 5.76 Å². The SMILES string of the molecule is Cl.Cl.O=C(Cn1c(=O)oc2ccccc21)NC[C@H]1[C@@H]2CNC[C@@H](C2)[C@@H]2CCCCN21. The Morgan fingerprint density at radius 2 is 1.97 bits per heavy atom. The number of para-hydroxylation sites is 2. The maximum absolute atomic E-state index is 12.6. The van der Waals surface area contributed by atoms with Gasteiger partial charge in [-0.2, -0.15) is 0 Å². The summed E-state index contributed by atoms with van der Waals surface area (Å²) < 4.78 is 6.64. The lowest BCUT2D eigenvalue weighted by Crippen LogP contribution is -2.65. The predicted octanol–water partition coefficient (Wildman–Crippen LogP) is 2.02. The molecule has 3 aliphatic heterocycles. The van der Waals surface area contributed by atoms with Crippen molar-refractivity contribution in [3.05, 3.63) is 34.8 Å². The lowest BCUT2D eigenvalue weighted by Gasteiger charge is -2.55. The number of fused-ring (bicyclic) bond motifs is 5. The van der Waals surface area contributed by atoms with E-state index in [2.05, 4.69) is 15.5 Å². The highest BCUT2D eigenvalue weighted by Crippen LogP contribution is 2.38. The van der Waals surface area contributed by atoms with E-state index in [4.69, 9.17) is 4.42 Å². The van der Waals surface area contributed by atoms with Gasteiger partial charge in [-0.1, -0.05) is 18.6 Å². The van der Waals surface area contributed by atoms with Crippen LogP contribution in [-0.4, -0.2) is 53.6 Å². The summed E-state index contributed by atoms with van der Waals surface area (Å²) in [7, 11) is 0. The molecule has 0 unspecified atom stereocenters. The normalized spacial score (nSPS) is 28.1. The van der Waals surface area contributed by atoms with Gasteiger partial charge in [-0.3, -0.25) is 14.3 Å². The second-order valence-electron chi connectivity index (χ2n) is 8.51. The van der Waals surface area contributed by atoms with Crippen molar-refractivity contribution in [3.63, 3.8) is 0 Å². The van der Waals surface area contributed by atoms with Crippen LogP contribution in [0.5, 0.6) is 0 Å². The molecule has 2 aromatic rings. The third-order valence-electron chi connectivity index (χ3n) is 6.91. The molecule has 3 aliphatic rings. The van der Waals surface area contributed by atoms with Crippen LogP contribution < -0.4 is 16.4 Å². The summed E-state index contributed by atoms with van der Waals surface area (Å²) in [5.41, 5.74) is 1.18. The molecule has 0 aliphatic carbocycles. The third-order valence-corrected chi connectivity index (χ3v) is 6.91. The lowest BCUT2D eigenvalue weighted by molar-refractivity contribution is -0.122. The number of carbonyl (C=O) groups is 1. The number of aromatic nitrogens is 1. The molecule has 166 valence electrons. The van der Waals surface area contributed by atoms with Gasteiger partial charge in [0.2, 0.25) is 5.91 Å². The van der Waals surface area contributed by atoms with Gasteiger partial charge in [0, 0.05) is 18.6 Å². The molecule has 5 rings (SSSR count). The van der Waals surface area contributed by atoms with Crippen LogP contribution in [0.25, 0.3) is 11.1 Å². The van der Waals surface area contributed by atoms with E-state index in [1.807, 2.05) is 12.1 Å². The minimum Gasteiger partial charge on any atom is -0.408 e. The lowest BCUT2D eigenvalue weighted by atomic mass is 9.73. The summed E-state index contributed by atoms with van der Waals surface area (Å²) in [5.74, 6) is 0.727. The number of oxazole rings is 1. The highest BCUT2D eigenvalue weighted by Gasteiger charge is 2.45. The van der Waals surface area contributed by atoms with E-state index in [-0.39, 0.29) is 37.3 Å². The van der Waals surface area contributed by atoms with Crippen LogP contribution in [0, 0.1) is 11.8 Å². The highest BCUT2D eigenvalue weighted by molar-refractivity contribution is 5.85. The molecule has 2 bridgehead atoms. The molecule has 1 aromatic heterocycles. The molecule has 4 heterocycles. The van der Waals surface area contributed by atoms with Gasteiger partial charge in [-0.25, -0.2) is 4.79 Å². The van der Waals surface area contributed by atoms with Crippen molar-refractivity contribution in [1.29, 1.82) is 0 Å². The van der Waals surface area contributed by atoms with Crippen LogP contribution in [0.3, 0.4) is 0 Å². The van der Waals surface area contributed by atoms with Crippen LogP contribution in [0.1, 0.15) is 25.7 Å². The zero-order valence-electron chi connectivity index (χ0n) is 16.9. The predicted molar refractivity (Wildman–Crippen MR) is 121 cm³/mol. The Balaban J connectivity index is 0.00000128. The number of benzene rings is 1. The quantitative estimate of drug-likeness (QED) is 0.735. The summed E-state index contributed by atoms with van der Waals surface area (Å²) in [6.45, 7) is 3.96. The van der Waals surface area contributed by atoms with E-state index in [1.54, 1.807) is 12.1 Å². The topological polar surface area (TPSA) is 79.5 Å². The van der Waals surface area contributed by atoms with Gasteiger partial charge in [0.1, 0.15) is 6.54 Å². The highest BCUT2D eigenvalue weighted by atomic mass is 35.5. The summed E-state index contributed by atoms with van der Waals surface area (Å²) in [6, 6.07) is 8.25. The van der Waals surface area contributed by atoms with Crippen molar-refractivity contribution < 1.29 is 9.21 Å². The zero-order chi connectivity index (χ0) is 19.1. The zero-order valence-corrected chi connectivity index (χ0v) is 18.6. The Kier molecular flexibility index (Phi) is 7.50. The first-order valence-electron chi connectivity index (χ1n) is 10.5. The third kappa shape index (κ3) is 4.26. The first-order chi connectivity index (χ1) is 13.7. The second kappa shape index (κ2) is 9.73. The number of carbonyl (C=O) groups excluding carboxylic acids is 1. The number of hydrogen-bond donors (Lipinski definition) is 2. The van der Waals surface area contributed by atoms with Gasteiger partial charge in [0.05, 0.1) is 5.52 Å². The molecule has 3 saturated heterocycles. The first-order valence-corrected chi connectivity index (χ1v) is 10.5. The number of amides is 1. The van der Waals surface area contributed by atoms with E-state index in [9.17, 15) is 9.59 Å². The van der Waals surface area contributed by atoms with Crippen LogP contribution in [0.4, 0.5) is 0 Å². The molecule has 1 aromatic carbocycles. The Hall–Kier alpha value is -1.54.